The quantitative estimate of drug-likeness (QED) is 0.867. The molecule has 2 aliphatic carbocycles. The third-order valence-electron chi connectivity index (χ3n) is 4.64. The number of hydrogen-bond donors (Lipinski definition) is 2. The van der Waals surface area contributed by atoms with Crippen molar-refractivity contribution >= 4 is 11.6 Å². The lowest BCUT2D eigenvalue weighted by Crippen LogP contribution is -2.39. The van der Waals surface area contributed by atoms with E-state index < -0.39 is 0 Å². The molecule has 2 aliphatic rings. The Balaban J connectivity index is 1.50. The third kappa shape index (κ3) is 2.80. The summed E-state index contributed by atoms with van der Waals surface area (Å²) in [5.41, 5.74) is 0.731. The number of hydrogen-bond acceptors (Lipinski definition) is 3. The molecule has 2 N–H and O–H groups in total. The van der Waals surface area contributed by atoms with Crippen LogP contribution in [0.15, 0.2) is 24.3 Å². The lowest BCUT2D eigenvalue weighted by molar-refractivity contribution is -0.115. The summed E-state index contributed by atoms with van der Waals surface area (Å²) < 4.78 is 5.23. The van der Waals surface area contributed by atoms with Crippen molar-refractivity contribution in [2.24, 2.45) is 11.8 Å². The number of nitrogens with one attached hydrogen (secondary N) is 2. The second-order valence-electron chi connectivity index (χ2n) is 5.91. The Labute approximate surface area is 119 Å². The van der Waals surface area contributed by atoms with Gasteiger partial charge in [-0.05, 0) is 43.2 Å². The molecule has 0 heterocycles. The van der Waals surface area contributed by atoms with Crippen molar-refractivity contribution in [1.29, 1.82) is 0 Å². The molecule has 108 valence electrons. The maximum atomic E-state index is 12.0. The van der Waals surface area contributed by atoms with E-state index in [2.05, 4.69) is 10.6 Å². The maximum Gasteiger partial charge on any atom is 0.238 e. The smallest absolute Gasteiger partial charge is 0.238 e. The van der Waals surface area contributed by atoms with E-state index in [4.69, 9.17) is 4.74 Å². The van der Waals surface area contributed by atoms with Crippen LogP contribution in [0.3, 0.4) is 0 Å². The van der Waals surface area contributed by atoms with E-state index in [9.17, 15) is 4.79 Å². The van der Waals surface area contributed by atoms with Gasteiger partial charge >= 0.3 is 0 Å². The normalized spacial score (nSPS) is 27.6. The number of fused-ring (bicyclic) bond motifs is 2. The van der Waals surface area contributed by atoms with E-state index in [0.717, 1.165) is 17.5 Å². The van der Waals surface area contributed by atoms with Gasteiger partial charge < -0.3 is 15.4 Å². The standard InChI is InChI=1S/C16H22N2O2/c1-20-15-5-3-2-4-13(15)18-16(19)10-17-14-9-11-6-7-12(14)8-11/h2-5,11-12,14,17H,6-10H2,1H3,(H,18,19). The van der Waals surface area contributed by atoms with E-state index in [-0.39, 0.29) is 5.91 Å². The number of methoxy groups -OCH3 is 1. The number of carbonyl (C=O) groups is 1. The largest absolute Gasteiger partial charge is 0.495 e. The summed E-state index contributed by atoms with van der Waals surface area (Å²) >= 11 is 0. The van der Waals surface area contributed by atoms with Crippen LogP contribution < -0.4 is 15.4 Å². The highest BCUT2D eigenvalue weighted by Crippen LogP contribution is 2.44. The first-order valence-electron chi connectivity index (χ1n) is 7.42. The molecule has 1 aromatic carbocycles. The molecule has 1 amide bonds. The first-order valence-corrected chi connectivity index (χ1v) is 7.42. The first-order chi connectivity index (χ1) is 9.76. The highest BCUT2D eigenvalue weighted by molar-refractivity contribution is 5.93. The zero-order chi connectivity index (χ0) is 13.9. The lowest BCUT2D eigenvalue weighted by atomic mass is 9.95. The van der Waals surface area contributed by atoms with Crippen molar-refractivity contribution in [1.82, 2.24) is 5.32 Å². The predicted octanol–water partition coefficient (Wildman–Crippen LogP) is 2.41. The number of anilines is 1. The topological polar surface area (TPSA) is 50.4 Å². The van der Waals surface area contributed by atoms with Gasteiger partial charge in [0.2, 0.25) is 5.91 Å². The minimum atomic E-state index is -0.00252. The van der Waals surface area contributed by atoms with Gasteiger partial charge in [-0.15, -0.1) is 0 Å². The number of ether oxygens (including phenoxy) is 1. The van der Waals surface area contributed by atoms with Gasteiger partial charge in [-0.1, -0.05) is 18.6 Å². The highest BCUT2D eigenvalue weighted by atomic mass is 16.5. The second kappa shape index (κ2) is 5.83. The Morgan fingerprint density at radius 2 is 2.15 bits per heavy atom. The van der Waals surface area contributed by atoms with E-state index in [1.807, 2.05) is 24.3 Å². The summed E-state index contributed by atoms with van der Waals surface area (Å²) in [6.45, 7) is 0.381. The Morgan fingerprint density at radius 3 is 2.85 bits per heavy atom. The first kappa shape index (κ1) is 13.4. The average molecular weight is 274 g/mol. The molecule has 3 atom stereocenters. The molecule has 0 saturated heterocycles. The second-order valence-corrected chi connectivity index (χ2v) is 5.91. The number of carbonyl (C=O) groups excluding carboxylic acids is 1. The van der Waals surface area contributed by atoms with Gasteiger partial charge in [-0.3, -0.25) is 4.79 Å². The molecule has 2 saturated carbocycles. The minimum absolute atomic E-state index is 0.00252. The van der Waals surface area contributed by atoms with Crippen molar-refractivity contribution in [2.75, 3.05) is 19.0 Å². The van der Waals surface area contributed by atoms with Gasteiger partial charge in [0.25, 0.3) is 0 Å². The molecular formula is C16H22N2O2. The molecule has 4 heteroatoms. The summed E-state index contributed by atoms with van der Waals surface area (Å²) in [6.07, 6.45) is 5.31. The number of para-hydroxylation sites is 2. The molecule has 2 bridgehead atoms. The molecule has 0 aromatic heterocycles. The van der Waals surface area contributed by atoms with Crippen LogP contribution in [0.25, 0.3) is 0 Å². The van der Waals surface area contributed by atoms with Crippen LogP contribution >= 0.6 is 0 Å². The van der Waals surface area contributed by atoms with Crippen LogP contribution in [-0.2, 0) is 4.79 Å². The van der Waals surface area contributed by atoms with Crippen molar-refractivity contribution in [3.8, 4) is 5.75 Å². The van der Waals surface area contributed by atoms with E-state index >= 15 is 0 Å². The molecule has 0 radical (unpaired) electrons. The van der Waals surface area contributed by atoms with Crippen LogP contribution in [-0.4, -0.2) is 25.6 Å². The van der Waals surface area contributed by atoms with Crippen LogP contribution in [0.1, 0.15) is 25.7 Å². The van der Waals surface area contributed by atoms with Crippen LogP contribution in [0.4, 0.5) is 5.69 Å². The van der Waals surface area contributed by atoms with Gasteiger partial charge in [0.1, 0.15) is 5.75 Å². The van der Waals surface area contributed by atoms with E-state index in [0.29, 0.717) is 18.3 Å². The van der Waals surface area contributed by atoms with Crippen molar-refractivity contribution in [3.05, 3.63) is 24.3 Å². The molecule has 20 heavy (non-hydrogen) atoms. The van der Waals surface area contributed by atoms with Crippen molar-refractivity contribution in [2.45, 2.75) is 31.7 Å². The summed E-state index contributed by atoms with van der Waals surface area (Å²) in [4.78, 5) is 12.0. The molecular weight excluding hydrogens is 252 g/mol. The molecule has 3 unspecified atom stereocenters. The Kier molecular flexibility index (Phi) is 3.92. The van der Waals surface area contributed by atoms with E-state index in [1.54, 1.807) is 7.11 Å². The lowest BCUT2D eigenvalue weighted by Gasteiger charge is -2.22. The Morgan fingerprint density at radius 1 is 1.30 bits per heavy atom. The molecule has 1 aromatic rings. The average Bonchev–Trinajstić information content (AvgIpc) is 3.08. The molecule has 0 aliphatic heterocycles. The van der Waals surface area contributed by atoms with Crippen molar-refractivity contribution in [3.63, 3.8) is 0 Å². The fraction of sp³-hybridized carbons (Fsp3) is 0.562. The third-order valence-corrected chi connectivity index (χ3v) is 4.64. The zero-order valence-electron chi connectivity index (χ0n) is 11.9. The molecule has 4 nitrogen and oxygen atoms in total. The van der Waals surface area contributed by atoms with Gasteiger partial charge in [0, 0.05) is 6.04 Å². The number of rotatable bonds is 5. The Bertz CT molecular complexity index is 489. The summed E-state index contributed by atoms with van der Waals surface area (Å²) in [5.74, 6) is 2.38. The number of benzene rings is 1. The summed E-state index contributed by atoms with van der Waals surface area (Å²) in [7, 11) is 1.61. The Hall–Kier alpha value is -1.55. The molecule has 2 fully saturated rings. The van der Waals surface area contributed by atoms with Crippen LogP contribution in [0.5, 0.6) is 5.75 Å². The monoisotopic (exact) mass is 274 g/mol. The van der Waals surface area contributed by atoms with Crippen LogP contribution in [0.2, 0.25) is 0 Å². The number of amides is 1. The minimum Gasteiger partial charge on any atom is -0.495 e. The summed E-state index contributed by atoms with van der Waals surface area (Å²) in [6, 6.07) is 8.02. The van der Waals surface area contributed by atoms with Gasteiger partial charge in [0.05, 0.1) is 19.3 Å². The predicted molar refractivity (Wildman–Crippen MR) is 78.9 cm³/mol. The molecule has 0 spiro atoms. The van der Waals surface area contributed by atoms with Gasteiger partial charge in [-0.25, -0.2) is 0 Å². The van der Waals surface area contributed by atoms with E-state index in [1.165, 1.54) is 25.7 Å². The fourth-order valence-corrected chi connectivity index (χ4v) is 3.66. The fourth-order valence-electron chi connectivity index (χ4n) is 3.66. The van der Waals surface area contributed by atoms with Crippen LogP contribution in [0, 0.1) is 11.8 Å². The van der Waals surface area contributed by atoms with Gasteiger partial charge in [0.15, 0.2) is 0 Å². The summed E-state index contributed by atoms with van der Waals surface area (Å²) in [5, 5.41) is 6.32. The molecule has 3 rings (SSSR count). The highest BCUT2D eigenvalue weighted by Gasteiger charge is 2.39. The van der Waals surface area contributed by atoms with Crippen molar-refractivity contribution < 1.29 is 9.53 Å². The zero-order valence-corrected chi connectivity index (χ0v) is 11.9. The maximum absolute atomic E-state index is 12.0. The SMILES string of the molecule is COc1ccccc1NC(=O)CNC1CC2CCC1C2. The van der Waals surface area contributed by atoms with Gasteiger partial charge in [-0.2, -0.15) is 0 Å².